The van der Waals surface area contributed by atoms with Gasteiger partial charge < -0.3 is 4.98 Å². The van der Waals surface area contributed by atoms with Crippen molar-refractivity contribution < 1.29 is 4.39 Å². The fraction of sp³-hybridized carbons (Fsp3) is 0.103. The van der Waals surface area contributed by atoms with E-state index in [9.17, 15) is 4.39 Å². The highest BCUT2D eigenvalue weighted by Crippen LogP contribution is 2.46. The number of nitrogens with zero attached hydrogens (tertiary/aromatic N) is 4. The van der Waals surface area contributed by atoms with Crippen molar-refractivity contribution in [2.75, 3.05) is 0 Å². The molecule has 0 unspecified atom stereocenters. The van der Waals surface area contributed by atoms with E-state index in [-0.39, 0.29) is 11.9 Å². The van der Waals surface area contributed by atoms with E-state index in [1.807, 2.05) is 30.6 Å². The molecular weight excluding hydrogens is 465 g/mol. The van der Waals surface area contributed by atoms with Crippen molar-refractivity contribution >= 4 is 10.9 Å². The largest absolute Gasteiger partial charge is 0.356 e. The number of aromatic amines is 2. The summed E-state index contributed by atoms with van der Waals surface area (Å²) < 4.78 is 13.5. The van der Waals surface area contributed by atoms with Gasteiger partial charge in [0.2, 0.25) is 0 Å². The number of rotatable bonds is 4. The Morgan fingerprint density at radius 2 is 1.57 bits per heavy atom. The van der Waals surface area contributed by atoms with Crippen LogP contribution in [0.25, 0.3) is 22.3 Å². The predicted octanol–water partition coefficient (Wildman–Crippen LogP) is 5.06. The van der Waals surface area contributed by atoms with Crippen LogP contribution >= 0.6 is 0 Å². The molecule has 4 aromatic heterocycles. The Bertz CT molecular complexity index is 1650. The molecule has 0 bridgehead atoms. The summed E-state index contributed by atoms with van der Waals surface area (Å²) in [4.78, 5) is 17.5. The van der Waals surface area contributed by atoms with Gasteiger partial charge in [0.25, 0.3) is 0 Å². The second-order valence-corrected chi connectivity index (χ2v) is 9.21. The van der Waals surface area contributed by atoms with Gasteiger partial charge >= 0.3 is 0 Å². The second kappa shape index (κ2) is 8.46. The van der Waals surface area contributed by atoms with Crippen LogP contribution in [-0.4, -0.2) is 30.1 Å². The molecule has 1 aliphatic heterocycles. The number of H-pyrrole nitrogens is 2. The van der Waals surface area contributed by atoms with E-state index in [0.717, 1.165) is 27.9 Å². The smallest absolute Gasteiger partial charge is 0.181 e. The topological polar surface area (TPSA) is 95.2 Å². The van der Waals surface area contributed by atoms with Crippen LogP contribution < -0.4 is 5.32 Å². The summed E-state index contributed by atoms with van der Waals surface area (Å²) >= 11 is 0. The van der Waals surface area contributed by atoms with Gasteiger partial charge in [-0.3, -0.25) is 20.4 Å². The van der Waals surface area contributed by atoms with Crippen LogP contribution in [0.5, 0.6) is 0 Å². The van der Waals surface area contributed by atoms with Gasteiger partial charge in [-0.05, 0) is 54.4 Å². The molecule has 180 valence electrons. The summed E-state index contributed by atoms with van der Waals surface area (Å²) in [7, 11) is 0. The summed E-state index contributed by atoms with van der Waals surface area (Å²) in [5.74, 6) is 0.931. The third-order valence-corrected chi connectivity index (χ3v) is 7.11. The normalized spacial score (nSPS) is 16.5. The minimum Gasteiger partial charge on any atom is -0.356 e. The fourth-order valence-electron chi connectivity index (χ4n) is 5.44. The lowest BCUT2D eigenvalue weighted by molar-refractivity contribution is 0.349. The maximum atomic E-state index is 13.5. The molecule has 6 aromatic rings. The number of hydrogen-bond acceptors (Lipinski definition) is 5. The highest BCUT2D eigenvalue weighted by molar-refractivity contribution is 5.86. The first-order valence-corrected chi connectivity index (χ1v) is 12.1. The average Bonchev–Trinajstić information content (AvgIpc) is 3.60. The minimum atomic E-state index is -0.761. The van der Waals surface area contributed by atoms with Crippen LogP contribution in [0.3, 0.4) is 0 Å². The zero-order valence-corrected chi connectivity index (χ0v) is 19.7. The standard InChI is InChI=1S/C29H22FN7/c30-21-11-9-18(10-12-21)27-34-28(37-36-27)25-15-23-22-7-1-2-8-24(22)33-26(23)29(35-25,19-5-3-13-31-16-19)20-6-4-14-32-17-20/h1-14,16-17,25,33,35H,15H2,(H,34,36,37)/t25-/m1/s1. The van der Waals surface area contributed by atoms with Crippen molar-refractivity contribution in [3.05, 3.63) is 132 Å². The van der Waals surface area contributed by atoms with Crippen molar-refractivity contribution in [3.8, 4) is 11.4 Å². The van der Waals surface area contributed by atoms with Crippen molar-refractivity contribution in [2.24, 2.45) is 0 Å². The Balaban J connectivity index is 1.44. The molecule has 0 saturated heterocycles. The number of aromatic nitrogens is 6. The zero-order chi connectivity index (χ0) is 24.8. The van der Waals surface area contributed by atoms with E-state index >= 15 is 0 Å². The van der Waals surface area contributed by atoms with E-state index in [2.05, 4.69) is 60.8 Å². The molecule has 7 nitrogen and oxygen atoms in total. The van der Waals surface area contributed by atoms with Crippen LogP contribution in [0.1, 0.15) is 34.3 Å². The van der Waals surface area contributed by atoms with E-state index in [4.69, 9.17) is 4.98 Å². The van der Waals surface area contributed by atoms with Gasteiger partial charge in [-0.25, -0.2) is 9.37 Å². The highest BCUT2D eigenvalue weighted by Gasteiger charge is 2.46. The molecule has 1 aliphatic rings. The Morgan fingerprint density at radius 1 is 0.838 bits per heavy atom. The van der Waals surface area contributed by atoms with Crippen LogP contribution in [0, 0.1) is 5.82 Å². The SMILES string of the molecule is Fc1ccc(-c2n[nH]c([C@H]3Cc4c([nH]c5ccccc45)C(c4cccnc4)(c4cccnc4)N3)n2)cc1. The maximum absolute atomic E-state index is 13.5. The number of pyridine rings is 2. The van der Waals surface area contributed by atoms with Crippen molar-refractivity contribution in [2.45, 2.75) is 18.0 Å². The van der Waals surface area contributed by atoms with E-state index in [1.165, 1.54) is 23.1 Å². The second-order valence-electron chi connectivity index (χ2n) is 9.21. The molecule has 0 saturated carbocycles. The van der Waals surface area contributed by atoms with E-state index in [0.29, 0.717) is 18.1 Å². The molecule has 0 aliphatic carbocycles. The van der Waals surface area contributed by atoms with Crippen molar-refractivity contribution in [1.29, 1.82) is 0 Å². The summed E-state index contributed by atoms with van der Waals surface area (Å²) in [5, 5.41) is 12.7. The molecule has 3 N–H and O–H groups in total. The Morgan fingerprint density at radius 3 is 2.27 bits per heavy atom. The number of nitrogens with one attached hydrogen (secondary N) is 3. The first-order chi connectivity index (χ1) is 18.2. The third kappa shape index (κ3) is 3.45. The van der Waals surface area contributed by atoms with Gasteiger partial charge in [0, 0.05) is 58.1 Å². The number of fused-ring (bicyclic) bond motifs is 3. The summed E-state index contributed by atoms with van der Waals surface area (Å²) in [6, 6.07) is 22.4. The number of para-hydroxylation sites is 1. The molecule has 0 spiro atoms. The molecule has 7 rings (SSSR count). The lowest BCUT2D eigenvalue weighted by Crippen LogP contribution is -2.51. The molecule has 2 aromatic carbocycles. The van der Waals surface area contributed by atoms with Gasteiger partial charge in [-0.1, -0.05) is 30.3 Å². The molecule has 5 heterocycles. The number of halogens is 1. The zero-order valence-electron chi connectivity index (χ0n) is 19.7. The quantitative estimate of drug-likeness (QED) is 0.323. The van der Waals surface area contributed by atoms with Gasteiger partial charge in [0.05, 0.1) is 6.04 Å². The predicted molar refractivity (Wildman–Crippen MR) is 138 cm³/mol. The van der Waals surface area contributed by atoms with E-state index < -0.39 is 5.54 Å². The van der Waals surface area contributed by atoms with Crippen LogP contribution in [-0.2, 0) is 12.0 Å². The van der Waals surface area contributed by atoms with Crippen LogP contribution in [0.2, 0.25) is 0 Å². The third-order valence-electron chi connectivity index (χ3n) is 7.11. The average molecular weight is 488 g/mol. The first kappa shape index (κ1) is 21.6. The molecule has 0 radical (unpaired) electrons. The summed E-state index contributed by atoms with van der Waals surface area (Å²) in [6.45, 7) is 0. The van der Waals surface area contributed by atoms with Gasteiger partial charge in [0.15, 0.2) is 5.82 Å². The van der Waals surface area contributed by atoms with Crippen LogP contribution in [0.4, 0.5) is 4.39 Å². The minimum absolute atomic E-state index is 0.200. The van der Waals surface area contributed by atoms with Crippen LogP contribution in [0.15, 0.2) is 97.6 Å². The summed E-state index contributed by atoms with van der Waals surface area (Å²) in [6.07, 6.45) is 8.03. The van der Waals surface area contributed by atoms with Crippen molar-refractivity contribution in [1.82, 2.24) is 35.5 Å². The summed E-state index contributed by atoms with van der Waals surface area (Å²) in [5.41, 5.74) is 5.28. The Labute approximate surface area is 211 Å². The fourth-order valence-corrected chi connectivity index (χ4v) is 5.44. The Kier molecular flexibility index (Phi) is 4.93. The molecule has 8 heteroatoms. The lowest BCUT2D eigenvalue weighted by Gasteiger charge is -2.42. The van der Waals surface area contributed by atoms with E-state index in [1.54, 1.807) is 24.5 Å². The molecular formula is C29H22FN7. The number of benzene rings is 2. The van der Waals surface area contributed by atoms with Gasteiger partial charge in [-0.2, -0.15) is 5.10 Å². The van der Waals surface area contributed by atoms with Crippen molar-refractivity contribution in [3.63, 3.8) is 0 Å². The first-order valence-electron chi connectivity index (χ1n) is 12.1. The Hall–Kier alpha value is -4.69. The molecule has 37 heavy (non-hydrogen) atoms. The maximum Gasteiger partial charge on any atom is 0.181 e. The number of hydrogen-bond donors (Lipinski definition) is 3. The highest BCUT2D eigenvalue weighted by atomic mass is 19.1. The molecule has 1 atom stereocenters. The van der Waals surface area contributed by atoms with Gasteiger partial charge in [-0.15, -0.1) is 0 Å². The lowest BCUT2D eigenvalue weighted by atomic mass is 9.75. The van der Waals surface area contributed by atoms with Gasteiger partial charge in [0.1, 0.15) is 17.2 Å². The molecule has 0 fully saturated rings. The molecule has 0 amide bonds. The monoisotopic (exact) mass is 487 g/mol.